The lowest BCUT2D eigenvalue weighted by Crippen LogP contribution is -2.46. The number of rotatable bonds is 6. The van der Waals surface area contributed by atoms with E-state index in [1.807, 2.05) is 42.5 Å². The van der Waals surface area contributed by atoms with Crippen molar-refractivity contribution in [1.82, 2.24) is 5.32 Å². The molecule has 0 saturated carbocycles. The van der Waals surface area contributed by atoms with Gasteiger partial charge >= 0.3 is 6.18 Å². The molecular formula is C23H19F3N2O2. The summed E-state index contributed by atoms with van der Waals surface area (Å²) in [5.74, 6) is -1.84. The summed E-state index contributed by atoms with van der Waals surface area (Å²) < 4.78 is 39.5. The summed E-state index contributed by atoms with van der Waals surface area (Å²) in [5, 5.41) is 2.33. The van der Waals surface area contributed by atoms with Gasteiger partial charge in [-0.1, -0.05) is 66.7 Å². The quantitative estimate of drug-likeness (QED) is 0.637. The summed E-state index contributed by atoms with van der Waals surface area (Å²) in [6, 6.07) is 20.2. The molecule has 0 spiro atoms. The molecule has 154 valence electrons. The molecule has 0 aliphatic carbocycles. The minimum absolute atomic E-state index is 0.0598. The lowest BCUT2D eigenvalue weighted by molar-refractivity contribution is -0.137. The van der Waals surface area contributed by atoms with Gasteiger partial charge < -0.3 is 11.1 Å². The second kappa shape index (κ2) is 8.82. The van der Waals surface area contributed by atoms with Gasteiger partial charge in [0.15, 0.2) is 0 Å². The number of hydrogen-bond donors (Lipinski definition) is 2. The first kappa shape index (κ1) is 21.1. The highest BCUT2D eigenvalue weighted by Gasteiger charge is 2.35. The Bertz CT molecular complexity index is 1030. The standard InChI is InChI=1S/C23H19F3N2O2/c24-23(25,26)19-9-5-4-8-18(19)22(30)28-20(21(27)29)14-15-10-12-17(13-11-15)16-6-2-1-3-7-16/h1-13,20H,14H2,(H2,27,29)(H,28,30)/t20-/m1/s1. The van der Waals surface area contributed by atoms with Crippen LogP contribution in [0.5, 0.6) is 0 Å². The van der Waals surface area contributed by atoms with E-state index in [1.165, 1.54) is 12.1 Å². The van der Waals surface area contributed by atoms with E-state index in [4.69, 9.17) is 5.73 Å². The van der Waals surface area contributed by atoms with E-state index in [-0.39, 0.29) is 6.42 Å². The summed E-state index contributed by atoms with van der Waals surface area (Å²) in [5.41, 5.74) is 6.45. The fourth-order valence-electron chi connectivity index (χ4n) is 3.09. The number of carbonyl (C=O) groups excluding carboxylic acids is 2. The van der Waals surface area contributed by atoms with Crippen molar-refractivity contribution in [3.63, 3.8) is 0 Å². The highest BCUT2D eigenvalue weighted by molar-refractivity contribution is 5.98. The van der Waals surface area contributed by atoms with Gasteiger partial charge in [-0.3, -0.25) is 9.59 Å². The molecule has 0 radical (unpaired) electrons. The minimum atomic E-state index is -4.69. The monoisotopic (exact) mass is 412 g/mol. The Morgan fingerprint density at radius 3 is 2.00 bits per heavy atom. The average Bonchev–Trinajstić information content (AvgIpc) is 2.73. The topological polar surface area (TPSA) is 72.2 Å². The third-order valence-corrected chi connectivity index (χ3v) is 4.63. The van der Waals surface area contributed by atoms with Crippen LogP contribution < -0.4 is 11.1 Å². The highest BCUT2D eigenvalue weighted by atomic mass is 19.4. The third kappa shape index (κ3) is 5.05. The molecule has 0 bridgehead atoms. The van der Waals surface area contributed by atoms with E-state index in [1.54, 1.807) is 12.1 Å². The summed E-state index contributed by atoms with van der Waals surface area (Å²) in [7, 11) is 0. The number of halogens is 3. The summed E-state index contributed by atoms with van der Waals surface area (Å²) in [6.45, 7) is 0. The Kier molecular flexibility index (Phi) is 6.20. The third-order valence-electron chi connectivity index (χ3n) is 4.63. The number of nitrogens with two attached hydrogens (primary N) is 1. The van der Waals surface area contributed by atoms with Crippen molar-refractivity contribution in [2.75, 3.05) is 0 Å². The molecule has 0 aromatic heterocycles. The van der Waals surface area contributed by atoms with Crippen molar-refractivity contribution in [3.8, 4) is 11.1 Å². The fourth-order valence-corrected chi connectivity index (χ4v) is 3.09. The van der Waals surface area contributed by atoms with E-state index >= 15 is 0 Å². The Balaban J connectivity index is 1.76. The van der Waals surface area contributed by atoms with E-state index in [2.05, 4.69) is 5.32 Å². The molecule has 3 aromatic carbocycles. The van der Waals surface area contributed by atoms with Crippen molar-refractivity contribution in [2.45, 2.75) is 18.6 Å². The van der Waals surface area contributed by atoms with Crippen LogP contribution in [-0.4, -0.2) is 17.9 Å². The van der Waals surface area contributed by atoms with Gasteiger partial charge in [-0.15, -0.1) is 0 Å². The van der Waals surface area contributed by atoms with Gasteiger partial charge in [0.2, 0.25) is 5.91 Å². The van der Waals surface area contributed by atoms with Crippen LogP contribution in [0.15, 0.2) is 78.9 Å². The van der Waals surface area contributed by atoms with E-state index in [9.17, 15) is 22.8 Å². The van der Waals surface area contributed by atoms with Gasteiger partial charge in [-0.25, -0.2) is 0 Å². The minimum Gasteiger partial charge on any atom is -0.368 e. The molecule has 0 fully saturated rings. The fraction of sp³-hybridized carbons (Fsp3) is 0.130. The molecular weight excluding hydrogens is 393 g/mol. The maximum atomic E-state index is 13.2. The van der Waals surface area contributed by atoms with E-state index < -0.39 is 35.2 Å². The van der Waals surface area contributed by atoms with Gasteiger partial charge in [0, 0.05) is 6.42 Å². The molecule has 30 heavy (non-hydrogen) atoms. The lowest BCUT2D eigenvalue weighted by atomic mass is 10.00. The molecule has 4 nitrogen and oxygen atoms in total. The van der Waals surface area contributed by atoms with Crippen molar-refractivity contribution in [1.29, 1.82) is 0 Å². The van der Waals surface area contributed by atoms with Crippen LogP contribution in [0.4, 0.5) is 13.2 Å². The van der Waals surface area contributed by atoms with Crippen molar-refractivity contribution >= 4 is 11.8 Å². The zero-order chi connectivity index (χ0) is 21.7. The van der Waals surface area contributed by atoms with Crippen LogP contribution in [0.2, 0.25) is 0 Å². The first-order valence-corrected chi connectivity index (χ1v) is 9.16. The average molecular weight is 412 g/mol. The van der Waals surface area contributed by atoms with Gasteiger partial charge in [0.05, 0.1) is 11.1 Å². The molecule has 0 saturated heterocycles. The molecule has 3 rings (SSSR count). The first-order chi connectivity index (χ1) is 14.3. The molecule has 2 amide bonds. The highest BCUT2D eigenvalue weighted by Crippen LogP contribution is 2.31. The Morgan fingerprint density at radius 2 is 1.40 bits per heavy atom. The Hall–Kier alpha value is -3.61. The van der Waals surface area contributed by atoms with Gasteiger partial charge in [0.1, 0.15) is 6.04 Å². The van der Waals surface area contributed by atoms with Crippen LogP contribution in [-0.2, 0) is 17.4 Å². The zero-order valence-electron chi connectivity index (χ0n) is 15.8. The predicted molar refractivity (Wildman–Crippen MR) is 107 cm³/mol. The molecule has 7 heteroatoms. The molecule has 1 atom stereocenters. The Labute approximate surface area is 171 Å². The van der Waals surface area contributed by atoms with Crippen LogP contribution in [0.1, 0.15) is 21.5 Å². The van der Waals surface area contributed by atoms with Gasteiger partial charge in [-0.05, 0) is 28.8 Å². The number of hydrogen-bond acceptors (Lipinski definition) is 2. The number of nitrogens with one attached hydrogen (secondary N) is 1. The van der Waals surface area contributed by atoms with E-state index in [0.717, 1.165) is 23.3 Å². The first-order valence-electron chi connectivity index (χ1n) is 9.16. The molecule has 0 unspecified atom stereocenters. The van der Waals surface area contributed by atoms with E-state index in [0.29, 0.717) is 5.56 Å². The maximum absolute atomic E-state index is 13.2. The lowest BCUT2D eigenvalue weighted by Gasteiger charge is -2.18. The number of alkyl halides is 3. The molecule has 3 N–H and O–H groups in total. The Morgan fingerprint density at radius 1 is 0.833 bits per heavy atom. The van der Waals surface area contributed by atoms with Crippen LogP contribution in [0.3, 0.4) is 0 Å². The van der Waals surface area contributed by atoms with Crippen LogP contribution in [0, 0.1) is 0 Å². The maximum Gasteiger partial charge on any atom is 0.417 e. The van der Waals surface area contributed by atoms with Crippen molar-refractivity contribution in [2.24, 2.45) is 5.73 Å². The second-order valence-corrected chi connectivity index (χ2v) is 6.74. The van der Waals surface area contributed by atoms with Gasteiger partial charge in [-0.2, -0.15) is 13.2 Å². The summed E-state index contributed by atoms with van der Waals surface area (Å²) in [4.78, 5) is 24.3. The van der Waals surface area contributed by atoms with Crippen molar-refractivity contribution < 1.29 is 22.8 Å². The molecule has 0 aliphatic rings. The molecule has 3 aromatic rings. The smallest absolute Gasteiger partial charge is 0.368 e. The van der Waals surface area contributed by atoms with Gasteiger partial charge in [0.25, 0.3) is 5.91 Å². The number of benzene rings is 3. The summed E-state index contributed by atoms with van der Waals surface area (Å²) in [6.07, 6.45) is -4.63. The normalized spacial score (nSPS) is 12.2. The van der Waals surface area contributed by atoms with Crippen molar-refractivity contribution in [3.05, 3.63) is 95.6 Å². The van der Waals surface area contributed by atoms with Crippen LogP contribution in [0.25, 0.3) is 11.1 Å². The van der Waals surface area contributed by atoms with Crippen LogP contribution >= 0.6 is 0 Å². The number of primary amides is 1. The number of amides is 2. The predicted octanol–water partition coefficient (Wildman–Crippen LogP) is 4.20. The molecule has 0 aliphatic heterocycles. The largest absolute Gasteiger partial charge is 0.417 e. The molecule has 0 heterocycles. The zero-order valence-corrected chi connectivity index (χ0v) is 15.8. The second-order valence-electron chi connectivity index (χ2n) is 6.74. The SMILES string of the molecule is NC(=O)[C@@H](Cc1ccc(-c2ccccc2)cc1)NC(=O)c1ccccc1C(F)(F)F. The number of carbonyl (C=O) groups is 2. The summed E-state index contributed by atoms with van der Waals surface area (Å²) >= 11 is 0.